The summed E-state index contributed by atoms with van der Waals surface area (Å²) in [7, 11) is 1.66. The summed E-state index contributed by atoms with van der Waals surface area (Å²) in [5.74, 6) is 82.0. The average Bonchev–Trinajstić information content (AvgIpc) is 3.12. The second-order valence-corrected chi connectivity index (χ2v) is 8.37. The van der Waals surface area contributed by atoms with Gasteiger partial charge in [-0.3, -0.25) is 0 Å². The minimum atomic E-state index is -0.979. The van der Waals surface area contributed by atoms with Crippen molar-refractivity contribution in [2.24, 2.45) is 0 Å². The standard InChI is InChI=1S/C46H19ClNO3/c1-5-8-10-12-14-16-18-20-22-24-26-28-30-32-34-36-38-48(4,42-45(49)43-51-46(41-47)44-50-40-7-3)39-37-35-33-31-29-27-25-23-21-19-17-15-13-11-9-6-2/h1-2,45-46,49H,41-44H2,3-4H3/q+1. The first-order valence-electron chi connectivity index (χ1n) is 13.7. The molecule has 51 heavy (non-hydrogen) atoms. The molecule has 232 valence electrons. The molecule has 0 saturated carbocycles. The van der Waals surface area contributed by atoms with E-state index in [4.69, 9.17) is 33.9 Å². The highest BCUT2D eigenvalue weighted by atomic mass is 35.5. The Morgan fingerprint density at radius 1 is 0.529 bits per heavy atom. The van der Waals surface area contributed by atoms with Gasteiger partial charge in [0.15, 0.2) is 12.1 Å². The van der Waals surface area contributed by atoms with Crippen molar-refractivity contribution < 1.29 is 19.1 Å². The number of ether oxygens (including phenoxy) is 2. The van der Waals surface area contributed by atoms with Gasteiger partial charge in [-0.1, -0.05) is 5.92 Å². The Hall–Kier alpha value is -8.39. The van der Waals surface area contributed by atoms with Crippen molar-refractivity contribution in [1.29, 1.82) is 0 Å². The lowest BCUT2D eigenvalue weighted by atomic mass is 10.3. The van der Waals surface area contributed by atoms with Crippen molar-refractivity contribution in [3.8, 4) is 226 Å². The van der Waals surface area contributed by atoms with Crippen LogP contribution in [0.25, 0.3) is 0 Å². The summed E-state index contributed by atoms with van der Waals surface area (Å²) in [5, 5.41) is 10.7. The zero-order valence-corrected chi connectivity index (χ0v) is 28.0. The largest absolute Gasteiger partial charge is 0.444 e. The number of hydrogen-bond donors (Lipinski definition) is 1. The molecule has 0 aliphatic rings. The zero-order valence-electron chi connectivity index (χ0n) is 27.2. The molecular weight excluding hydrogens is 650 g/mol. The Balaban J connectivity index is 5.73. The highest BCUT2D eigenvalue weighted by Crippen LogP contribution is 2.04. The molecule has 0 heterocycles. The van der Waals surface area contributed by atoms with Crippen molar-refractivity contribution in [2.75, 3.05) is 32.7 Å². The van der Waals surface area contributed by atoms with Crippen LogP contribution in [0.5, 0.6) is 0 Å². The van der Waals surface area contributed by atoms with Gasteiger partial charge in [0.25, 0.3) is 0 Å². The Bertz CT molecular complexity index is 2360. The lowest BCUT2D eigenvalue weighted by molar-refractivity contribution is -0.777. The van der Waals surface area contributed by atoms with Gasteiger partial charge >= 0.3 is 0 Å². The number of halogens is 1. The number of nitrogens with zero attached hydrogens (tertiary/aromatic N) is 1. The summed E-state index contributed by atoms with van der Waals surface area (Å²) in [4.78, 5) is 0. The van der Waals surface area contributed by atoms with Crippen molar-refractivity contribution in [1.82, 2.24) is 0 Å². The monoisotopic (exact) mass is 668 g/mol. The van der Waals surface area contributed by atoms with Gasteiger partial charge in [-0.25, -0.2) is 0 Å². The summed E-state index contributed by atoms with van der Waals surface area (Å²) in [6.45, 7) is 1.76. The van der Waals surface area contributed by atoms with E-state index in [2.05, 4.69) is 214 Å². The number of rotatable bonds is 8. The number of quaternary nitrogens is 1. The lowest BCUT2D eigenvalue weighted by Crippen LogP contribution is -2.43. The Kier molecular flexibility index (Phi) is 27.6. The van der Waals surface area contributed by atoms with Gasteiger partial charge in [0, 0.05) is 89.8 Å². The van der Waals surface area contributed by atoms with Gasteiger partial charge in [0.1, 0.15) is 31.5 Å². The maximum Gasteiger partial charge on any atom is 0.166 e. The molecule has 0 bridgehead atoms. The smallest absolute Gasteiger partial charge is 0.166 e. The number of alkyl halides is 1. The van der Waals surface area contributed by atoms with Crippen LogP contribution >= 0.6 is 11.6 Å². The second-order valence-electron chi connectivity index (χ2n) is 8.06. The number of terminal acetylenes is 2. The molecule has 0 aromatic rings. The van der Waals surface area contributed by atoms with Crippen molar-refractivity contribution in [3.63, 3.8) is 0 Å². The molecule has 0 fully saturated rings. The molecule has 2 unspecified atom stereocenters. The number of aliphatic hydroxyl groups excluding tert-OH is 1. The van der Waals surface area contributed by atoms with E-state index in [0.29, 0.717) is 0 Å². The lowest BCUT2D eigenvalue weighted by Gasteiger charge is -2.22. The Morgan fingerprint density at radius 2 is 0.843 bits per heavy atom. The van der Waals surface area contributed by atoms with Crippen molar-refractivity contribution in [3.05, 3.63) is 0 Å². The van der Waals surface area contributed by atoms with Crippen LogP contribution in [0.1, 0.15) is 6.92 Å². The van der Waals surface area contributed by atoms with E-state index >= 15 is 0 Å². The Morgan fingerprint density at radius 3 is 1.14 bits per heavy atom. The first-order valence-corrected chi connectivity index (χ1v) is 14.2. The SMILES string of the molecule is C#CC#CC#CC#CC#CC#CC#CC#CC#C[N+](C)(C#CC#CC#CC#CC#CC#CC#CC#CC#C)CC(O)COC(CCl)COC#CC. The highest BCUT2D eigenvalue weighted by Gasteiger charge is 2.24. The molecule has 0 amide bonds. The zero-order chi connectivity index (χ0) is 37.4. The normalized spacial score (nSPS) is 7.49. The first-order chi connectivity index (χ1) is 25.0. The average molecular weight is 669 g/mol. The molecule has 0 rings (SSSR count). The molecule has 5 heteroatoms. The van der Waals surface area contributed by atoms with E-state index in [1.165, 1.54) is 0 Å². The van der Waals surface area contributed by atoms with Crippen LogP contribution in [0.2, 0.25) is 0 Å². The fraction of sp³-hybridized carbons (Fsp3) is 0.174. The molecule has 1 N–H and O–H groups in total. The summed E-state index contributed by atoms with van der Waals surface area (Å²) < 4.78 is 10.5. The van der Waals surface area contributed by atoms with E-state index in [9.17, 15) is 5.11 Å². The van der Waals surface area contributed by atoms with E-state index in [0.717, 1.165) is 0 Å². The number of likely N-dealkylation sites (N-methyl/N-ethyl adjacent to an activating group) is 1. The topological polar surface area (TPSA) is 38.7 Å². The maximum absolute atomic E-state index is 10.7. The van der Waals surface area contributed by atoms with Gasteiger partial charge < -0.3 is 14.6 Å². The van der Waals surface area contributed by atoms with Gasteiger partial charge in [-0.15, -0.1) is 24.4 Å². The third kappa shape index (κ3) is 30.1. The third-order valence-corrected chi connectivity index (χ3v) is 4.56. The predicted molar refractivity (Wildman–Crippen MR) is 199 cm³/mol. The van der Waals surface area contributed by atoms with Crippen LogP contribution in [0.15, 0.2) is 0 Å². The van der Waals surface area contributed by atoms with Gasteiger partial charge in [0.2, 0.25) is 0 Å². The van der Waals surface area contributed by atoms with Gasteiger partial charge in [-0.2, -0.15) is 4.48 Å². The fourth-order valence-corrected chi connectivity index (χ4v) is 2.55. The van der Waals surface area contributed by atoms with Crippen LogP contribution in [0.3, 0.4) is 0 Å². The van der Waals surface area contributed by atoms with Crippen LogP contribution < -0.4 is 0 Å². The molecule has 2 atom stereocenters. The Labute approximate surface area is 307 Å². The van der Waals surface area contributed by atoms with E-state index in [-0.39, 0.29) is 30.1 Å². The minimum Gasteiger partial charge on any atom is -0.444 e. The van der Waals surface area contributed by atoms with E-state index < -0.39 is 12.2 Å². The van der Waals surface area contributed by atoms with Gasteiger partial charge in [-0.05, 0) is 94.7 Å². The second kappa shape index (κ2) is 33.0. The molecule has 0 aromatic carbocycles. The van der Waals surface area contributed by atoms with Crippen LogP contribution in [-0.4, -0.2) is 54.5 Å². The molecule has 0 aliphatic heterocycles. The molecule has 0 aromatic heterocycles. The predicted octanol–water partition coefficient (Wildman–Crippen LogP) is 0.651. The quantitative estimate of drug-likeness (QED) is 0.235. The number of hydrogen-bond acceptors (Lipinski definition) is 3. The molecule has 0 aliphatic carbocycles. The summed E-state index contributed by atoms with van der Waals surface area (Å²) >= 11 is 5.92. The number of aliphatic hydroxyl groups is 1. The van der Waals surface area contributed by atoms with Crippen molar-refractivity contribution in [2.45, 2.75) is 19.1 Å². The van der Waals surface area contributed by atoms with E-state index in [1.54, 1.807) is 14.0 Å². The van der Waals surface area contributed by atoms with Gasteiger partial charge in [0.05, 0.1) is 31.4 Å². The highest BCUT2D eigenvalue weighted by molar-refractivity contribution is 6.18. The van der Waals surface area contributed by atoms with E-state index in [1.807, 2.05) is 0 Å². The summed E-state index contributed by atoms with van der Waals surface area (Å²) in [5.41, 5.74) is 0. The minimum absolute atomic E-state index is 0.0409. The summed E-state index contributed by atoms with van der Waals surface area (Å²) in [6.07, 6.45) is 10.9. The third-order valence-electron chi connectivity index (χ3n) is 4.22. The molecule has 0 saturated heterocycles. The van der Waals surface area contributed by atoms with Crippen LogP contribution in [0.4, 0.5) is 0 Å². The molecule has 0 radical (unpaired) electrons. The molecular formula is C46H19ClNO3+. The maximum atomic E-state index is 10.7. The molecule has 0 spiro atoms. The summed E-state index contributed by atoms with van der Waals surface area (Å²) in [6, 6.07) is 5.76. The first kappa shape index (κ1) is 42.6. The van der Waals surface area contributed by atoms with Crippen LogP contribution in [0, 0.1) is 226 Å². The van der Waals surface area contributed by atoms with Crippen LogP contribution in [-0.2, 0) is 9.47 Å². The van der Waals surface area contributed by atoms with Crippen molar-refractivity contribution >= 4 is 11.6 Å². The fourth-order valence-electron chi connectivity index (χ4n) is 2.37. The molecule has 4 nitrogen and oxygen atoms in total.